The molecule has 260 valence electrons. The van der Waals surface area contributed by atoms with Crippen molar-refractivity contribution in [3.8, 4) is 11.1 Å². The monoisotopic (exact) mass is 678 g/mol. The fraction of sp³-hybridized carbons (Fsp3) is 0.308. The molecule has 5 aromatic rings. The molecule has 10 nitrogen and oxygen atoms in total. The van der Waals surface area contributed by atoms with Gasteiger partial charge in [0.15, 0.2) is 5.65 Å². The van der Waals surface area contributed by atoms with Crippen LogP contribution < -0.4 is 16.0 Å². The molecule has 0 atom stereocenters. The van der Waals surface area contributed by atoms with Crippen LogP contribution in [-0.2, 0) is 35.6 Å². The van der Waals surface area contributed by atoms with Crippen LogP contribution in [0.25, 0.3) is 22.2 Å². The number of halogens is 1. The van der Waals surface area contributed by atoms with Crippen LogP contribution >= 0.6 is 0 Å². The van der Waals surface area contributed by atoms with Crippen molar-refractivity contribution in [3.05, 3.63) is 112 Å². The van der Waals surface area contributed by atoms with Gasteiger partial charge in [0.05, 0.1) is 17.3 Å². The standard InChI is InChI=1S/C38H41FN6O3.CH2O/c1-4-34-31(35(43-29-14-16-48-17-15-29)32-23-42-45(5-2)36(32)44-34)22-41-38(47)28-11-7-10-27(20-28)37(46)40-21-25-12-13-33(39)30(19-25)26-9-6-8-24(3)18-26;1-2/h6-13,18-20,23,29H,4-5,14-17,21-22H2,1-3H3,(H,40,46)(H,41,47)(H,43,44);1H2. The number of nitrogens with one attached hydrogen (secondary N) is 3. The molecule has 3 heterocycles. The van der Waals surface area contributed by atoms with Crippen molar-refractivity contribution < 1.29 is 23.5 Å². The van der Waals surface area contributed by atoms with Gasteiger partial charge in [-0.15, -0.1) is 0 Å². The number of aryl methyl sites for hydroxylation is 3. The number of ether oxygens (including phenoxy) is 1. The molecule has 0 radical (unpaired) electrons. The summed E-state index contributed by atoms with van der Waals surface area (Å²) in [4.78, 5) is 39.6. The van der Waals surface area contributed by atoms with Crippen LogP contribution in [0, 0.1) is 12.7 Å². The molecular weight excluding hydrogens is 635 g/mol. The number of pyridine rings is 1. The van der Waals surface area contributed by atoms with Crippen LogP contribution in [0.4, 0.5) is 10.1 Å². The third kappa shape index (κ3) is 8.23. The van der Waals surface area contributed by atoms with Crippen molar-refractivity contribution in [2.75, 3.05) is 18.5 Å². The predicted octanol–water partition coefficient (Wildman–Crippen LogP) is 6.39. The Kier molecular flexibility index (Phi) is 12.1. The van der Waals surface area contributed by atoms with Crippen LogP contribution in [0.5, 0.6) is 0 Å². The summed E-state index contributed by atoms with van der Waals surface area (Å²) in [6.45, 7) is 10.6. The largest absolute Gasteiger partial charge is 0.381 e. The molecule has 1 saturated heterocycles. The van der Waals surface area contributed by atoms with E-state index in [0.29, 0.717) is 42.9 Å². The Labute approximate surface area is 291 Å². The van der Waals surface area contributed by atoms with E-state index in [1.807, 2.05) is 55.8 Å². The van der Waals surface area contributed by atoms with Crippen molar-refractivity contribution in [3.63, 3.8) is 0 Å². The first-order valence-electron chi connectivity index (χ1n) is 16.9. The van der Waals surface area contributed by atoms with Crippen LogP contribution in [-0.4, -0.2) is 52.6 Å². The maximum absolute atomic E-state index is 14.7. The van der Waals surface area contributed by atoms with E-state index in [2.05, 4.69) is 28.0 Å². The lowest BCUT2D eigenvalue weighted by molar-refractivity contribution is -0.0980. The number of carbonyl (C=O) groups excluding carboxylic acids is 3. The number of hydrogen-bond acceptors (Lipinski definition) is 7. The topological polar surface area (TPSA) is 127 Å². The van der Waals surface area contributed by atoms with Gasteiger partial charge in [-0.25, -0.2) is 14.1 Å². The number of carbonyl (C=O) groups is 3. The second-order valence-corrected chi connectivity index (χ2v) is 12.1. The summed E-state index contributed by atoms with van der Waals surface area (Å²) in [5.74, 6) is -0.946. The molecule has 0 unspecified atom stereocenters. The SMILES string of the molecule is C=O.CCc1nc2c(cnn2CC)c(NC2CCOCC2)c1CNC(=O)c1cccc(C(=O)NCc2ccc(F)c(-c3cccc(C)c3)c2)c1. The number of hydrogen-bond donors (Lipinski definition) is 3. The lowest BCUT2D eigenvalue weighted by Crippen LogP contribution is -2.30. The molecule has 11 heteroatoms. The minimum Gasteiger partial charge on any atom is -0.381 e. The molecule has 3 N–H and O–H groups in total. The summed E-state index contributed by atoms with van der Waals surface area (Å²) in [5.41, 5.74) is 7.39. The Morgan fingerprint density at radius 2 is 1.64 bits per heavy atom. The van der Waals surface area contributed by atoms with Crippen molar-refractivity contribution in [2.45, 2.75) is 65.7 Å². The average Bonchev–Trinajstić information content (AvgIpc) is 3.57. The normalized spacial score (nSPS) is 13.0. The Hall–Kier alpha value is -5.42. The lowest BCUT2D eigenvalue weighted by Gasteiger charge is -2.26. The number of nitrogens with zero attached hydrogens (tertiary/aromatic N) is 3. The van der Waals surface area contributed by atoms with Gasteiger partial charge in [-0.2, -0.15) is 5.10 Å². The van der Waals surface area contributed by atoms with Gasteiger partial charge in [-0.1, -0.05) is 48.9 Å². The Balaban J connectivity index is 0.00000239. The van der Waals surface area contributed by atoms with Crippen LogP contribution in [0.2, 0.25) is 0 Å². The minimum atomic E-state index is -0.329. The van der Waals surface area contributed by atoms with Crippen LogP contribution in [0.1, 0.15) is 69.8 Å². The van der Waals surface area contributed by atoms with E-state index in [4.69, 9.17) is 14.5 Å². The quantitative estimate of drug-likeness (QED) is 0.148. The zero-order chi connectivity index (χ0) is 35.6. The van der Waals surface area contributed by atoms with E-state index < -0.39 is 0 Å². The van der Waals surface area contributed by atoms with Gasteiger partial charge < -0.3 is 25.5 Å². The molecule has 2 amide bonds. The smallest absolute Gasteiger partial charge is 0.251 e. The van der Waals surface area contributed by atoms with Crippen molar-refractivity contribution in [2.24, 2.45) is 0 Å². The maximum Gasteiger partial charge on any atom is 0.251 e. The number of anilines is 1. The van der Waals surface area contributed by atoms with E-state index in [1.54, 1.807) is 36.4 Å². The van der Waals surface area contributed by atoms with Gasteiger partial charge in [-0.05, 0) is 74.6 Å². The zero-order valence-corrected chi connectivity index (χ0v) is 28.7. The summed E-state index contributed by atoms with van der Waals surface area (Å²) in [5, 5.41) is 15.2. The summed E-state index contributed by atoms with van der Waals surface area (Å²) < 4.78 is 22.1. The van der Waals surface area contributed by atoms with Gasteiger partial charge in [0, 0.05) is 66.8 Å². The molecule has 6 rings (SSSR count). The minimum absolute atomic E-state index is 0.209. The van der Waals surface area contributed by atoms with Gasteiger partial charge in [0.25, 0.3) is 11.8 Å². The third-order valence-electron chi connectivity index (χ3n) is 8.80. The number of fused-ring (bicyclic) bond motifs is 1. The fourth-order valence-corrected chi connectivity index (χ4v) is 6.17. The molecule has 1 fully saturated rings. The summed E-state index contributed by atoms with van der Waals surface area (Å²) in [6.07, 6.45) is 4.32. The van der Waals surface area contributed by atoms with E-state index >= 15 is 0 Å². The van der Waals surface area contributed by atoms with Gasteiger partial charge >= 0.3 is 0 Å². The second-order valence-electron chi connectivity index (χ2n) is 12.1. The van der Waals surface area contributed by atoms with E-state index in [-0.39, 0.29) is 36.8 Å². The third-order valence-corrected chi connectivity index (χ3v) is 8.80. The summed E-state index contributed by atoms with van der Waals surface area (Å²) in [7, 11) is 0. The summed E-state index contributed by atoms with van der Waals surface area (Å²) in [6, 6.07) is 19.4. The second kappa shape index (κ2) is 16.8. The number of aromatic nitrogens is 3. The van der Waals surface area contributed by atoms with Crippen molar-refractivity contribution >= 4 is 35.3 Å². The fourth-order valence-electron chi connectivity index (χ4n) is 6.17. The number of amides is 2. The highest BCUT2D eigenvalue weighted by Crippen LogP contribution is 2.31. The first kappa shape index (κ1) is 35.9. The van der Waals surface area contributed by atoms with E-state index in [1.165, 1.54) is 6.07 Å². The Morgan fingerprint density at radius 3 is 2.32 bits per heavy atom. The number of benzene rings is 3. The average molecular weight is 679 g/mol. The maximum atomic E-state index is 14.7. The molecule has 50 heavy (non-hydrogen) atoms. The Bertz CT molecular complexity index is 1970. The summed E-state index contributed by atoms with van der Waals surface area (Å²) >= 11 is 0. The van der Waals surface area contributed by atoms with Crippen LogP contribution in [0.15, 0.2) is 72.9 Å². The molecule has 1 aliphatic rings. The van der Waals surface area contributed by atoms with Gasteiger partial charge in [0.2, 0.25) is 0 Å². The molecule has 0 saturated carbocycles. The van der Waals surface area contributed by atoms with E-state index in [0.717, 1.165) is 57.5 Å². The highest BCUT2D eigenvalue weighted by molar-refractivity contribution is 6.00. The first-order valence-corrected chi connectivity index (χ1v) is 16.9. The van der Waals surface area contributed by atoms with Crippen molar-refractivity contribution in [1.29, 1.82) is 0 Å². The van der Waals surface area contributed by atoms with Gasteiger partial charge in [0.1, 0.15) is 12.6 Å². The van der Waals surface area contributed by atoms with Gasteiger partial charge in [-0.3, -0.25) is 9.59 Å². The molecule has 1 aliphatic heterocycles. The van der Waals surface area contributed by atoms with E-state index in [9.17, 15) is 14.0 Å². The highest BCUT2D eigenvalue weighted by atomic mass is 19.1. The predicted molar refractivity (Wildman–Crippen MR) is 193 cm³/mol. The van der Waals surface area contributed by atoms with Crippen LogP contribution in [0.3, 0.4) is 0 Å². The number of rotatable bonds is 11. The first-order chi connectivity index (χ1) is 24.3. The molecule has 0 aliphatic carbocycles. The highest BCUT2D eigenvalue weighted by Gasteiger charge is 2.22. The molecular formula is C39H43FN6O4. The van der Waals surface area contributed by atoms with Crippen molar-refractivity contribution in [1.82, 2.24) is 25.4 Å². The molecule has 2 aromatic heterocycles. The lowest BCUT2D eigenvalue weighted by atomic mass is 10.0. The molecule has 0 spiro atoms. The molecule has 0 bridgehead atoms. The molecule has 3 aromatic carbocycles. The zero-order valence-electron chi connectivity index (χ0n) is 28.7. The Morgan fingerprint density at radius 1 is 0.940 bits per heavy atom.